The van der Waals surface area contributed by atoms with Crippen molar-refractivity contribution in [3.8, 4) is 0 Å². The highest BCUT2D eigenvalue weighted by Gasteiger charge is 2.34. The second-order valence-electron chi connectivity index (χ2n) is 32.6. The van der Waals surface area contributed by atoms with Gasteiger partial charge in [0.1, 0.15) is 37.6 Å². The minimum absolute atomic E-state index is 0.00640. The standard InChI is InChI=1S/C90H166N18O37/c1-89(2,3)144-87(116)108(88(117)145-90(4,5)6)143-71-70-138-61-60-133-51-50-128-45-40-123-35-30-118-25-13-17-80(109)78(15-8-11-19-96-83(112)74-140-67-63-135-57-53-130-47-42-125-37-32-120-27-22-99-105-92)103-86(115)77(14-7-10-18-95-82(111)73-139-66-62-134-56-52-129-46-41-124-36-31-119-26-21-98-104-91)72-81(110)79(102-85(114)76-142-69-65-137-59-55-132-49-44-127-39-34-122-29-24-101-107-94)16-9-12-20-97-84(113)75-141-68-64-136-58-54-131-48-43-126-38-33-121-28-23-100-106-93/h77-79H,7-76H2,1-6H3,(H,95,111)(H,96,112)(H,97,113)(H,102,114)(H,103,115)/t77-,78+,79+/m1/s1. The summed E-state index contributed by atoms with van der Waals surface area (Å²) in [6, 6.07) is -2.21. The number of nitrogens with one attached hydrogen (secondary N) is 5. The van der Waals surface area contributed by atoms with E-state index in [1.807, 2.05) is 0 Å². The summed E-state index contributed by atoms with van der Waals surface area (Å²) in [5.41, 5.74) is 31.6. The second-order valence-corrected chi connectivity index (χ2v) is 32.6. The zero-order valence-electron chi connectivity index (χ0n) is 86.1. The van der Waals surface area contributed by atoms with Crippen LogP contribution in [0.5, 0.6) is 0 Å². The Morgan fingerprint density at radius 2 is 0.490 bits per heavy atom. The van der Waals surface area contributed by atoms with Gasteiger partial charge in [-0.2, -0.15) is 0 Å². The predicted molar refractivity (Wildman–Crippen MR) is 519 cm³/mol. The fourth-order valence-corrected chi connectivity index (χ4v) is 11.4. The molecule has 145 heavy (non-hydrogen) atoms. The van der Waals surface area contributed by atoms with Gasteiger partial charge in [-0.25, -0.2) is 9.59 Å². The minimum atomic E-state index is -1.15. The average Bonchev–Trinajstić information content (AvgIpc) is 0.857. The summed E-state index contributed by atoms with van der Waals surface area (Å²) >= 11 is 0. The number of hydroxylamine groups is 2. The molecule has 5 N–H and O–H groups in total. The fraction of sp³-hybridized carbons (Fsp3) is 0.900. The quantitative estimate of drug-likeness (QED) is 0.0165. The third-order valence-electron chi connectivity index (χ3n) is 18.3. The summed E-state index contributed by atoms with van der Waals surface area (Å²) < 4.78 is 148. The monoisotopic (exact) mass is 2090 g/mol. The molecule has 0 aliphatic carbocycles. The largest absolute Gasteiger partial charge is 0.444 e. The molecule has 0 heterocycles. The van der Waals surface area contributed by atoms with Gasteiger partial charge in [0.2, 0.25) is 29.5 Å². The molecule has 0 bridgehead atoms. The van der Waals surface area contributed by atoms with Crippen molar-refractivity contribution < 1.29 is 176 Å². The van der Waals surface area contributed by atoms with E-state index in [-0.39, 0.29) is 275 Å². The molecule has 3 atom stereocenters. The van der Waals surface area contributed by atoms with Crippen LogP contribution in [0.2, 0.25) is 0 Å². The van der Waals surface area contributed by atoms with Crippen molar-refractivity contribution in [3.05, 3.63) is 41.8 Å². The van der Waals surface area contributed by atoms with E-state index in [0.29, 0.717) is 189 Å². The normalized spacial score (nSPS) is 12.0. The van der Waals surface area contributed by atoms with Crippen molar-refractivity contribution in [2.24, 2.45) is 26.4 Å². The van der Waals surface area contributed by atoms with Crippen molar-refractivity contribution in [2.45, 2.75) is 142 Å². The number of carbonyl (C=O) groups is 9. The number of nitrogens with zero attached hydrogens (tertiary/aromatic N) is 13. The van der Waals surface area contributed by atoms with Crippen LogP contribution in [-0.4, -0.2) is 464 Å². The van der Waals surface area contributed by atoms with Crippen LogP contribution < -0.4 is 26.6 Å². The number of unbranched alkanes of at least 4 members (excludes halogenated alkanes) is 3. The predicted octanol–water partition coefficient (Wildman–Crippen LogP) is 5.50. The van der Waals surface area contributed by atoms with Crippen LogP contribution in [0.15, 0.2) is 20.5 Å². The highest BCUT2D eigenvalue weighted by molar-refractivity contribution is 5.94. The molecule has 0 fully saturated rings. The van der Waals surface area contributed by atoms with Crippen LogP contribution in [-0.2, 0) is 166 Å². The molecule has 0 aromatic rings. The summed E-state index contributed by atoms with van der Waals surface area (Å²) in [6.07, 6.45) is 0.203. The van der Waals surface area contributed by atoms with Crippen LogP contribution in [0.25, 0.3) is 41.8 Å². The minimum Gasteiger partial charge on any atom is -0.442 e. The molecule has 0 radical (unpaired) electrons. The lowest BCUT2D eigenvalue weighted by molar-refractivity contribution is -0.148. The Morgan fingerprint density at radius 3 is 0.752 bits per heavy atom. The third-order valence-corrected chi connectivity index (χ3v) is 18.3. The Bertz CT molecular complexity index is 3360. The molecule has 0 saturated carbocycles. The van der Waals surface area contributed by atoms with E-state index in [4.69, 9.17) is 155 Å². The molecule has 0 spiro atoms. The molecule has 0 aliphatic rings. The van der Waals surface area contributed by atoms with Crippen LogP contribution in [0.3, 0.4) is 0 Å². The highest BCUT2D eigenvalue weighted by atomic mass is 16.8. The van der Waals surface area contributed by atoms with Gasteiger partial charge in [0.25, 0.3) is 0 Å². The molecule has 0 unspecified atom stereocenters. The van der Waals surface area contributed by atoms with Crippen LogP contribution in [0.1, 0.15) is 119 Å². The Hall–Kier alpha value is -8.37. The van der Waals surface area contributed by atoms with Crippen LogP contribution in [0, 0.1) is 5.92 Å². The number of rotatable bonds is 110. The van der Waals surface area contributed by atoms with E-state index in [1.54, 1.807) is 41.5 Å². The maximum Gasteiger partial charge on any atom is 0.444 e. The summed E-state index contributed by atoms with van der Waals surface area (Å²) in [4.78, 5) is 138. The number of carbonyl (C=O) groups excluding carboxylic acids is 9. The van der Waals surface area contributed by atoms with Gasteiger partial charge in [0, 0.05) is 90.8 Å². The maximum atomic E-state index is 15.0. The van der Waals surface area contributed by atoms with Gasteiger partial charge in [-0.05, 0) is 121 Å². The molecule has 0 aliphatic heterocycles. The first-order chi connectivity index (χ1) is 70.6. The van der Waals surface area contributed by atoms with Gasteiger partial charge in [-0.1, -0.05) is 31.9 Å². The van der Waals surface area contributed by atoms with E-state index < -0.39 is 83.8 Å². The molecular formula is C90H166N18O37. The van der Waals surface area contributed by atoms with Gasteiger partial charge in [0.05, 0.1) is 316 Å². The van der Waals surface area contributed by atoms with Crippen molar-refractivity contribution in [1.29, 1.82) is 0 Å². The zero-order valence-corrected chi connectivity index (χ0v) is 86.1. The maximum absolute atomic E-state index is 15.0. The van der Waals surface area contributed by atoms with Gasteiger partial charge < -0.3 is 154 Å². The summed E-state index contributed by atoms with van der Waals surface area (Å²) in [6.45, 7) is 22.0. The van der Waals surface area contributed by atoms with E-state index >= 15 is 0 Å². The Morgan fingerprint density at radius 1 is 0.262 bits per heavy atom. The lowest BCUT2D eigenvalue weighted by Crippen LogP contribution is -2.46. The number of azide groups is 4. The number of imide groups is 1. The number of ketones is 2. The highest BCUT2D eigenvalue weighted by Crippen LogP contribution is 2.20. The Labute approximate surface area is 850 Å². The first kappa shape index (κ1) is 137. The number of Topliss-reactive ketones (excluding diaryl/α,β-unsaturated/α-hetero) is 2. The Kier molecular flexibility index (Phi) is 98.1. The third kappa shape index (κ3) is 100.0. The van der Waals surface area contributed by atoms with Crippen LogP contribution >= 0.6 is 0 Å². The van der Waals surface area contributed by atoms with Crippen molar-refractivity contribution in [1.82, 2.24) is 31.6 Å². The second kappa shape index (κ2) is 104. The number of ether oxygens (including phenoxy) is 27. The van der Waals surface area contributed by atoms with E-state index in [9.17, 15) is 43.2 Å². The molecular weight excluding hydrogens is 1930 g/mol. The van der Waals surface area contributed by atoms with Gasteiger partial charge in [0.15, 0.2) is 11.6 Å². The lowest BCUT2D eigenvalue weighted by atomic mass is 9.90. The molecule has 0 aromatic heterocycles. The first-order valence-corrected chi connectivity index (χ1v) is 49.4. The molecule has 55 heteroatoms. The van der Waals surface area contributed by atoms with Gasteiger partial charge >= 0.3 is 12.2 Å². The summed E-state index contributed by atoms with van der Waals surface area (Å²) in [7, 11) is 0. The van der Waals surface area contributed by atoms with E-state index in [2.05, 4.69) is 66.7 Å². The molecule has 0 rings (SSSR count). The Balaban J connectivity index is 6.39. The summed E-state index contributed by atoms with van der Waals surface area (Å²) in [5, 5.41) is 28.2. The molecule has 7 amide bonds. The first-order valence-electron chi connectivity index (χ1n) is 49.4. The lowest BCUT2D eigenvalue weighted by Gasteiger charge is -2.27. The van der Waals surface area contributed by atoms with Crippen molar-refractivity contribution in [2.75, 3.05) is 383 Å². The summed E-state index contributed by atoms with van der Waals surface area (Å²) in [5.74, 6) is -4.33. The smallest absolute Gasteiger partial charge is 0.442 e. The average molecular weight is 2090 g/mol. The van der Waals surface area contributed by atoms with Gasteiger partial charge in [-0.3, -0.25) is 38.4 Å². The SMILES string of the molecule is CC(C)(C)OC(=O)N(OCCOCCOCCOCCOCCOCCCC(=O)[C@H](CCCCNC(=O)COCCOCCOCCOCCOCCN=[N+]=[N-])NC(=O)[C@H](CCCCNC(=O)COCCOCCOCCOCCOCCN=[N+]=[N-])CC(=O)[C@H](CCCCNC(=O)COCCOCCOCCOCCOCCN=[N+]=[N-])NC(=O)COCCOCCOCCOCCOCCN=[N+]=[N-])C(=O)OC(C)(C)C. The van der Waals surface area contributed by atoms with E-state index in [1.165, 1.54) is 0 Å². The number of hydrogen-bond acceptors (Lipinski definition) is 41. The zero-order chi connectivity index (χ0) is 106. The fourth-order valence-electron chi connectivity index (χ4n) is 11.4. The molecule has 838 valence electrons. The van der Waals surface area contributed by atoms with Crippen molar-refractivity contribution in [3.63, 3.8) is 0 Å². The topological polar surface area (TPSA) is 671 Å². The molecule has 55 nitrogen and oxygen atoms in total. The number of hydrogen-bond donors (Lipinski definition) is 5. The van der Waals surface area contributed by atoms with Crippen molar-refractivity contribution >= 4 is 53.3 Å². The molecule has 0 saturated heterocycles. The van der Waals surface area contributed by atoms with Crippen LogP contribution in [0.4, 0.5) is 9.59 Å². The number of amides is 7. The molecule has 0 aromatic carbocycles. The van der Waals surface area contributed by atoms with E-state index in [0.717, 1.165) is 0 Å². The van der Waals surface area contributed by atoms with Gasteiger partial charge in [-0.15, -0.1) is 0 Å².